The van der Waals surface area contributed by atoms with Gasteiger partial charge in [0, 0.05) is 6.54 Å². The SMILES string of the molecule is CCCCOC(=O)N1C[C@@H]2C[C@H]1c1c(O)n(-c3ccc(C#N)c(C(F)(F)F)c3)c(=O)n12. The van der Waals surface area contributed by atoms with Gasteiger partial charge >= 0.3 is 18.0 Å². The van der Waals surface area contributed by atoms with Crippen molar-refractivity contribution in [1.82, 2.24) is 14.0 Å². The van der Waals surface area contributed by atoms with Crippen molar-refractivity contribution in [2.45, 2.75) is 44.4 Å². The molecule has 0 unspecified atom stereocenters. The normalized spacial score (nSPS) is 19.4. The van der Waals surface area contributed by atoms with E-state index in [1.165, 1.54) is 21.6 Å². The molecule has 4 rings (SSSR count). The number of imidazole rings is 1. The summed E-state index contributed by atoms with van der Waals surface area (Å²) >= 11 is 0. The number of halogens is 3. The molecular formula is C20H19F3N4O4. The molecule has 1 fully saturated rings. The number of amides is 1. The molecule has 2 aliphatic rings. The van der Waals surface area contributed by atoms with E-state index in [0.29, 0.717) is 18.9 Å². The maximum atomic E-state index is 13.3. The summed E-state index contributed by atoms with van der Waals surface area (Å²) in [6.07, 6.45) is -3.37. The average Bonchev–Trinajstić information content (AvgIpc) is 3.38. The molecule has 2 bridgehead atoms. The van der Waals surface area contributed by atoms with Gasteiger partial charge < -0.3 is 9.84 Å². The van der Waals surface area contributed by atoms with Crippen molar-refractivity contribution in [3.05, 3.63) is 45.5 Å². The van der Waals surface area contributed by atoms with Gasteiger partial charge in [0.2, 0.25) is 5.88 Å². The second kappa shape index (κ2) is 7.37. The first kappa shape index (κ1) is 20.8. The molecule has 1 amide bonds. The van der Waals surface area contributed by atoms with Crippen LogP contribution in [0.25, 0.3) is 5.69 Å². The lowest BCUT2D eigenvalue weighted by Gasteiger charge is -2.26. The number of alkyl halides is 3. The van der Waals surface area contributed by atoms with Crippen molar-refractivity contribution in [2.24, 2.45) is 0 Å². The molecule has 2 atom stereocenters. The van der Waals surface area contributed by atoms with E-state index in [-0.39, 0.29) is 24.5 Å². The Labute approximate surface area is 174 Å². The van der Waals surface area contributed by atoms with Gasteiger partial charge in [-0.25, -0.2) is 14.2 Å². The van der Waals surface area contributed by atoms with E-state index in [0.717, 1.165) is 17.1 Å². The molecule has 3 heterocycles. The Morgan fingerprint density at radius 2 is 2.13 bits per heavy atom. The first-order valence-corrected chi connectivity index (χ1v) is 9.80. The maximum Gasteiger partial charge on any atom is 0.417 e. The molecule has 0 radical (unpaired) electrons. The van der Waals surface area contributed by atoms with E-state index in [1.807, 2.05) is 6.92 Å². The predicted octanol–water partition coefficient (Wildman–Crippen LogP) is 3.47. The Balaban J connectivity index is 1.73. The number of hydrogen-bond acceptors (Lipinski definition) is 5. The van der Waals surface area contributed by atoms with Gasteiger partial charge in [-0.05, 0) is 31.0 Å². The zero-order chi connectivity index (χ0) is 22.5. The Morgan fingerprint density at radius 1 is 1.39 bits per heavy atom. The summed E-state index contributed by atoms with van der Waals surface area (Å²) in [5.74, 6) is -0.526. The molecule has 1 aromatic heterocycles. The van der Waals surface area contributed by atoms with Crippen LogP contribution >= 0.6 is 0 Å². The topological polar surface area (TPSA) is 100 Å². The molecule has 164 valence electrons. The summed E-state index contributed by atoms with van der Waals surface area (Å²) in [5, 5.41) is 19.7. The van der Waals surface area contributed by atoms with Gasteiger partial charge in [-0.3, -0.25) is 9.47 Å². The quantitative estimate of drug-likeness (QED) is 0.740. The largest absolute Gasteiger partial charge is 0.493 e. The Hall–Kier alpha value is -3.42. The van der Waals surface area contributed by atoms with E-state index in [4.69, 9.17) is 10.00 Å². The van der Waals surface area contributed by atoms with Gasteiger partial charge in [0.05, 0.1) is 41.6 Å². The molecule has 2 aliphatic heterocycles. The molecule has 0 spiro atoms. The van der Waals surface area contributed by atoms with Crippen molar-refractivity contribution in [3.8, 4) is 17.6 Å². The van der Waals surface area contributed by atoms with Crippen molar-refractivity contribution in [3.63, 3.8) is 0 Å². The van der Waals surface area contributed by atoms with Crippen LogP contribution in [0.3, 0.4) is 0 Å². The highest BCUT2D eigenvalue weighted by atomic mass is 19.4. The number of likely N-dealkylation sites (tertiary alicyclic amines) is 1. The third-order valence-corrected chi connectivity index (χ3v) is 5.70. The third-order valence-electron chi connectivity index (χ3n) is 5.70. The van der Waals surface area contributed by atoms with Crippen molar-refractivity contribution in [2.75, 3.05) is 13.2 Å². The minimum Gasteiger partial charge on any atom is -0.493 e. The first-order chi connectivity index (χ1) is 14.7. The molecule has 0 aliphatic carbocycles. The second-order valence-electron chi connectivity index (χ2n) is 7.56. The number of carbonyl (C=O) groups excluding carboxylic acids is 1. The Bertz CT molecular complexity index is 1150. The molecule has 11 heteroatoms. The van der Waals surface area contributed by atoms with Crippen molar-refractivity contribution < 1.29 is 27.8 Å². The summed E-state index contributed by atoms with van der Waals surface area (Å²) < 4.78 is 47.3. The standard InChI is InChI=1S/C20H19F3N4O4/c1-2-3-6-31-19(30)25-10-13-8-15(25)16-17(28)27(18(29)26(13)16)12-5-4-11(9-24)14(7-12)20(21,22)23/h4-5,7,13,15,28H,2-3,6,8,10H2,1H3/t13-,15-/m0/s1. The van der Waals surface area contributed by atoms with Gasteiger partial charge in [0.15, 0.2) is 0 Å². The highest BCUT2D eigenvalue weighted by molar-refractivity contribution is 5.69. The third kappa shape index (κ3) is 3.22. The molecule has 0 saturated carbocycles. The van der Waals surface area contributed by atoms with Crippen LogP contribution in [0.5, 0.6) is 5.88 Å². The summed E-state index contributed by atoms with van der Waals surface area (Å²) in [7, 11) is 0. The van der Waals surface area contributed by atoms with Crippen LogP contribution in [0.15, 0.2) is 23.0 Å². The lowest BCUT2D eigenvalue weighted by atomic mass is 10.1. The number of nitrogens with zero attached hydrogens (tertiary/aromatic N) is 4. The minimum absolute atomic E-state index is 0.173. The number of rotatable bonds is 4. The van der Waals surface area contributed by atoms with Crippen LogP contribution in [0, 0.1) is 11.3 Å². The maximum absolute atomic E-state index is 13.3. The summed E-state index contributed by atoms with van der Waals surface area (Å²) in [6.45, 7) is 2.43. The van der Waals surface area contributed by atoms with Crippen molar-refractivity contribution >= 4 is 6.09 Å². The van der Waals surface area contributed by atoms with Crippen LogP contribution in [0.4, 0.5) is 18.0 Å². The number of hydrogen-bond donors (Lipinski definition) is 1. The smallest absolute Gasteiger partial charge is 0.417 e. The van der Waals surface area contributed by atoms with Crippen LogP contribution in [0.2, 0.25) is 0 Å². The number of ether oxygens (including phenoxy) is 1. The molecule has 1 N–H and O–H groups in total. The average molecular weight is 436 g/mol. The van der Waals surface area contributed by atoms with Gasteiger partial charge in [0.25, 0.3) is 0 Å². The van der Waals surface area contributed by atoms with Crippen LogP contribution in [-0.4, -0.2) is 38.4 Å². The number of carbonyl (C=O) groups is 1. The first-order valence-electron chi connectivity index (χ1n) is 9.80. The number of nitriles is 1. The summed E-state index contributed by atoms with van der Waals surface area (Å²) in [4.78, 5) is 26.8. The van der Waals surface area contributed by atoms with Crippen molar-refractivity contribution in [1.29, 1.82) is 5.26 Å². The highest BCUT2D eigenvalue weighted by Crippen LogP contribution is 2.49. The second-order valence-corrected chi connectivity index (χ2v) is 7.56. The van der Waals surface area contributed by atoms with Gasteiger partial charge in [-0.1, -0.05) is 13.3 Å². The van der Waals surface area contributed by atoms with Crippen LogP contribution < -0.4 is 5.69 Å². The van der Waals surface area contributed by atoms with E-state index in [9.17, 15) is 27.9 Å². The lowest BCUT2D eigenvalue weighted by molar-refractivity contribution is -0.137. The zero-order valence-electron chi connectivity index (χ0n) is 16.5. The fourth-order valence-electron chi connectivity index (χ4n) is 4.27. The number of fused-ring (bicyclic) bond motifs is 5. The molecule has 8 nitrogen and oxygen atoms in total. The van der Waals surface area contributed by atoms with E-state index in [1.54, 1.807) is 0 Å². The summed E-state index contributed by atoms with van der Waals surface area (Å²) in [5.41, 5.74) is -2.53. The van der Waals surface area contributed by atoms with E-state index >= 15 is 0 Å². The van der Waals surface area contributed by atoms with Crippen LogP contribution in [0.1, 0.15) is 55.1 Å². The number of aromatic hydroxyl groups is 1. The van der Waals surface area contributed by atoms with Gasteiger partial charge in [-0.15, -0.1) is 0 Å². The van der Waals surface area contributed by atoms with Crippen LogP contribution in [-0.2, 0) is 10.9 Å². The number of aromatic nitrogens is 2. The molecule has 1 aromatic carbocycles. The molecular weight excluding hydrogens is 417 g/mol. The van der Waals surface area contributed by atoms with E-state index in [2.05, 4.69) is 0 Å². The number of benzene rings is 1. The lowest BCUT2D eigenvalue weighted by Crippen LogP contribution is -2.38. The Morgan fingerprint density at radius 3 is 2.77 bits per heavy atom. The fraction of sp³-hybridized carbons (Fsp3) is 0.450. The Kier molecular flexibility index (Phi) is 4.95. The minimum atomic E-state index is -4.80. The molecule has 1 saturated heterocycles. The number of unbranched alkanes of at least 4 members (excludes halogenated alkanes) is 1. The molecule has 31 heavy (non-hydrogen) atoms. The van der Waals surface area contributed by atoms with Gasteiger partial charge in [-0.2, -0.15) is 18.4 Å². The monoisotopic (exact) mass is 436 g/mol. The predicted molar refractivity (Wildman–Crippen MR) is 101 cm³/mol. The summed E-state index contributed by atoms with van der Waals surface area (Å²) in [6, 6.07) is 3.26. The highest BCUT2D eigenvalue weighted by Gasteiger charge is 2.50. The zero-order valence-corrected chi connectivity index (χ0v) is 16.5. The van der Waals surface area contributed by atoms with Gasteiger partial charge in [0.1, 0.15) is 5.69 Å². The fourth-order valence-corrected chi connectivity index (χ4v) is 4.27. The molecule has 2 aromatic rings. The van der Waals surface area contributed by atoms with E-state index < -0.39 is 47.0 Å².